The standard InChI is InChI=1S/C22H17F2N3OS/c1-13-6-7-15(9-14(13)2)21(28)27(12-17-5-3-4-8-25-17)22-26-20-18(24)10-16(23)11-19(20)29-22/h3-11H,12H2,1-2H3. The van der Waals surface area contributed by atoms with Crippen LogP contribution in [0.15, 0.2) is 54.7 Å². The van der Waals surface area contributed by atoms with E-state index in [-0.39, 0.29) is 18.0 Å². The van der Waals surface area contributed by atoms with E-state index in [2.05, 4.69) is 9.97 Å². The normalized spacial score (nSPS) is 11.0. The highest BCUT2D eigenvalue weighted by Crippen LogP contribution is 2.32. The van der Waals surface area contributed by atoms with Gasteiger partial charge in [-0.15, -0.1) is 0 Å². The van der Waals surface area contributed by atoms with Gasteiger partial charge < -0.3 is 0 Å². The molecule has 2 aromatic heterocycles. The highest BCUT2D eigenvalue weighted by Gasteiger charge is 2.23. The number of amides is 1. The molecule has 0 saturated heterocycles. The van der Waals surface area contributed by atoms with Crippen molar-refractivity contribution < 1.29 is 13.6 Å². The molecule has 0 aliphatic rings. The van der Waals surface area contributed by atoms with Crippen LogP contribution in [-0.4, -0.2) is 15.9 Å². The third-order valence-corrected chi connectivity index (χ3v) is 5.70. The van der Waals surface area contributed by atoms with Crippen molar-refractivity contribution in [1.29, 1.82) is 0 Å². The van der Waals surface area contributed by atoms with Crippen LogP contribution in [0.4, 0.5) is 13.9 Å². The van der Waals surface area contributed by atoms with Gasteiger partial charge in [0.25, 0.3) is 5.91 Å². The second-order valence-corrected chi connectivity index (χ2v) is 7.75. The van der Waals surface area contributed by atoms with Gasteiger partial charge in [0.2, 0.25) is 0 Å². The van der Waals surface area contributed by atoms with Gasteiger partial charge in [0.05, 0.1) is 16.9 Å². The van der Waals surface area contributed by atoms with E-state index >= 15 is 0 Å². The Morgan fingerprint density at radius 2 is 1.90 bits per heavy atom. The number of rotatable bonds is 4. The predicted octanol–water partition coefficient (Wildman–Crippen LogP) is 5.43. The molecule has 2 aromatic carbocycles. The number of fused-ring (bicyclic) bond motifs is 1. The fraction of sp³-hybridized carbons (Fsp3) is 0.136. The Morgan fingerprint density at radius 1 is 1.07 bits per heavy atom. The first-order valence-electron chi connectivity index (χ1n) is 8.97. The molecule has 0 saturated carbocycles. The van der Waals surface area contributed by atoms with Crippen molar-refractivity contribution in [2.45, 2.75) is 20.4 Å². The summed E-state index contributed by atoms with van der Waals surface area (Å²) in [7, 11) is 0. The third-order valence-electron chi connectivity index (χ3n) is 4.68. The van der Waals surface area contributed by atoms with Gasteiger partial charge in [-0.05, 0) is 55.3 Å². The van der Waals surface area contributed by atoms with Crippen LogP contribution in [0, 0.1) is 25.5 Å². The Hall–Kier alpha value is -3.19. The zero-order chi connectivity index (χ0) is 20.5. The molecule has 2 heterocycles. The minimum absolute atomic E-state index is 0.0466. The third kappa shape index (κ3) is 3.86. The number of nitrogens with zero attached hydrogens (tertiary/aromatic N) is 3. The molecular formula is C22H17F2N3OS. The number of thiazole rings is 1. The van der Waals surface area contributed by atoms with Crippen molar-refractivity contribution in [3.8, 4) is 0 Å². The Bertz CT molecular complexity index is 1210. The number of halogens is 2. The lowest BCUT2D eigenvalue weighted by Gasteiger charge is -2.20. The summed E-state index contributed by atoms with van der Waals surface area (Å²) < 4.78 is 28.1. The number of carbonyl (C=O) groups is 1. The lowest BCUT2D eigenvalue weighted by molar-refractivity contribution is 0.0984. The van der Waals surface area contributed by atoms with E-state index in [1.807, 2.05) is 32.0 Å². The van der Waals surface area contributed by atoms with Gasteiger partial charge in [-0.1, -0.05) is 23.5 Å². The molecular weight excluding hydrogens is 392 g/mol. The van der Waals surface area contributed by atoms with Crippen LogP contribution in [-0.2, 0) is 6.54 Å². The number of benzene rings is 2. The Morgan fingerprint density at radius 3 is 2.62 bits per heavy atom. The maximum atomic E-state index is 14.2. The fourth-order valence-electron chi connectivity index (χ4n) is 2.97. The molecule has 4 rings (SSSR count). The molecule has 1 amide bonds. The first kappa shape index (κ1) is 19.1. The van der Waals surface area contributed by atoms with E-state index in [0.29, 0.717) is 21.1 Å². The molecule has 4 nitrogen and oxygen atoms in total. The summed E-state index contributed by atoms with van der Waals surface area (Å²) in [6.07, 6.45) is 1.64. The van der Waals surface area contributed by atoms with Gasteiger partial charge >= 0.3 is 0 Å². The van der Waals surface area contributed by atoms with Crippen LogP contribution in [0.5, 0.6) is 0 Å². The average molecular weight is 409 g/mol. The number of carbonyl (C=O) groups excluding carboxylic acids is 1. The van der Waals surface area contributed by atoms with Crippen LogP contribution < -0.4 is 4.90 Å². The lowest BCUT2D eigenvalue weighted by Crippen LogP contribution is -2.30. The smallest absolute Gasteiger partial charge is 0.260 e. The van der Waals surface area contributed by atoms with Gasteiger partial charge in [0, 0.05) is 17.8 Å². The highest BCUT2D eigenvalue weighted by molar-refractivity contribution is 7.22. The first-order valence-corrected chi connectivity index (χ1v) is 9.78. The van der Waals surface area contributed by atoms with E-state index < -0.39 is 11.6 Å². The fourth-order valence-corrected chi connectivity index (χ4v) is 3.97. The van der Waals surface area contributed by atoms with Crippen LogP contribution in [0.2, 0.25) is 0 Å². The monoisotopic (exact) mass is 409 g/mol. The number of hydrogen-bond acceptors (Lipinski definition) is 4. The summed E-state index contributed by atoms with van der Waals surface area (Å²) >= 11 is 1.07. The Balaban J connectivity index is 1.80. The Kier molecular flexibility index (Phi) is 5.07. The maximum absolute atomic E-state index is 14.2. The van der Waals surface area contributed by atoms with Crippen molar-refractivity contribution in [2.75, 3.05) is 4.90 Å². The minimum Gasteiger partial charge on any atom is -0.278 e. The van der Waals surface area contributed by atoms with Crippen molar-refractivity contribution in [3.05, 3.63) is 88.7 Å². The molecule has 0 fully saturated rings. The molecule has 0 bridgehead atoms. The van der Waals surface area contributed by atoms with Gasteiger partial charge in [-0.25, -0.2) is 13.8 Å². The summed E-state index contributed by atoms with van der Waals surface area (Å²) in [6.45, 7) is 4.07. The molecule has 29 heavy (non-hydrogen) atoms. The summed E-state index contributed by atoms with van der Waals surface area (Å²) in [4.78, 5) is 23.4. The number of hydrogen-bond donors (Lipinski definition) is 0. The topological polar surface area (TPSA) is 46.1 Å². The second kappa shape index (κ2) is 7.67. The van der Waals surface area contributed by atoms with E-state index in [1.165, 1.54) is 11.0 Å². The molecule has 146 valence electrons. The maximum Gasteiger partial charge on any atom is 0.260 e. The van der Waals surface area contributed by atoms with Crippen molar-refractivity contribution in [1.82, 2.24) is 9.97 Å². The van der Waals surface area contributed by atoms with E-state index in [4.69, 9.17) is 0 Å². The predicted molar refractivity (Wildman–Crippen MR) is 110 cm³/mol. The van der Waals surface area contributed by atoms with E-state index in [0.717, 1.165) is 28.5 Å². The van der Waals surface area contributed by atoms with Crippen molar-refractivity contribution in [3.63, 3.8) is 0 Å². The summed E-state index contributed by atoms with van der Waals surface area (Å²) in [5.74, 6) is -1.71. The van der Waals surface area contributed by atoms with E-state index in [1.54, 1.807) is 24.4 Å². The lowest BCUT2D eigenvalue weighted by atomic mass is 10.1. The summed E-state index contributed by atoms with van der Waals surface area (Å²) in [5.41, 5.74) is 3.28. The molecule has 0 unspecified atom stereocenters. The van der Waals surface area contributed by atoms with E-state index in [9.17, 15) is 13.6 Å². The molecule has 0 atom stereocenters. The molecule has 7 heteroatoms. The van der Waals surface area contributed by atoms with Crippen LogP contribution in [0.1, 0.15) is 27.2 Å². The number of anilines is 1. The SMILES string of the molecule is Cc1ccc(C(=O)N(Cc2ccccn2)c2nc3c(F)cc(F)cc3s2)cc1C. The molecule has 0 aliphatic heterocycles. The first-order chi connectivity index (χ1) is 13.9. The largest absolute Gasteiger partial charge is 0.278 e. The molecule has 0 N–H and O–H groups in total. The van der Waals surface area contributed by atoms with Crippen molar-refractivity contribution >= 4 is 32.6 Å². The van der Waals surface area contributed by atoms with Gasteiger partial charge in [-0.2, -0.15) is 0 Å². The van der Waals surface area contributed by atoms with Crippen LogP contribution in [0.25, 0.3) is 10.2 Å². The molecule has 4 aromatic rings. The van der Waals surface area contributed by atoms with Gasteiger partial charge in [0.1, 0.15) is 11.3 Å². The number of aromatic nitrogens is 2. The number of aryl methyl sites for hydroxylation is 2. The average Bonchev–Trinajstić information content (AvgIpc) is 3.12. The second-order valence-electron chi connectivity index (χ2n) is 6.74. The van der Waals surface area contributed by atoms with Gasteiger partial charge in [0.15, 0.2) is 10.9 Å². The minimum atomic E-state index is -0.751. The zero-order valence-corrected chi connectivity index (χ0v) is 16.6. The van der Waals surface area contributed by atoms with Gasteiger partial charge in [-0.3, -0.25) is 14.7 Å². The highest BCUT2D eigenvalue weighted by atomic mass is 32.1. The quantitative estimate of drug-likeness (QED) is 0.451. The molecule has 0 radical (unpaired) electrons. The van der Waals surface area contributed by atoms with Crippen LogP contribution in [0.3, 0.4) is 0 Å². The summed E-state index contributed by atoms with van der Waals surface area (Å²) in [6, 6.07) is 12.9. The number of pyridine rings is 1. The summed E-state index contributed by atoms with van der Waals surface area (Å²) in [5, 5.41) is 0.290. The van der Waals surface area contributed by atoms with Crippen molar-refractivity contribution in [2.24, 2.45) is 0 Å². The Labute approximate surface area is 170 Å². The molecule has 0 aliphatic carbocycles. The molecule has 0 spiro atoms. The zero-order valence-electron chi connectivity index (χ0n) is 15.8. The van der Waals surface area contributed by atoms with Crippen LogP contribution >= 0.6 is 11.3 Å².